The zero-order chi connectivity index (χ0) is 26.1. The van der Waals surface area contributed by atoms with Crippen LogP contribution in [0.25, 0.3) is 11.8 Å². The van der Waals surface area contributed by atoms with Gasteiger partial charge in [-0.25, -0.2) is 0 Å². The van der Waals surface area contributed by atoms with Crippen LogP contribution in [-0.4, -0.2) is 78.2 Å². The number of aromatic nitrogens is 3. The molecule has 1 aromatic heterocycles. The van der Waals surface area contributed by atoms with Gasteiger partial charge in [0.15, 0.2) is 5.82 Å². The molecule has 2 aromatic rings. The van der Waals surface area contributed by atoms with Gasteiger partial charge < -0.3 is 30.5 Å². The molecule has 2 aliphatic heterocycles. The molecule has 36 heavy (non-hydrogen) atoms. The summed E-state index contributed by atoms with van der Waals surface area (Å²) in [6.45, 7) is 5.81. The molecule has 2 saturated heterocycles. The fourth-order valence-electron chi connectivity index (χ4n) is 4.62. The highest BCUT2D eigenvalue weighted by Crippen LogP contribution is 2.38. The van der Waals surface area contributed by atoms with Crippen LogP contribution < -0.4 is 5.73 Å². The molecule has 0 amide bonds. The molecule has 0 unspecified atom stereocenters. The van der Waals surface area contributed by atoms with Crippen molar-refractivity contribution in [2.45, 2.75) is 70.2 Å². The van der Waals surface area contributed by atoms with Gasteiger partial charge in [-0.3, -0.25) is 10.1 Å². The van der Waals surface area contributed by atoms with Crippen LogP contribution in [0.1, 0.15) is 39.4 Å². The minimum atomic E-state index is -1.06. The van der Waals surface area contributed by atoms with Crippen molar-refractivity contribution in [3.05, 3.63) is 45.8 Å². The molecule has 3 heterocycles. The number of benzene rings is 1. The highest BCUT2D eigenvalue weighted by atomic mass is 16.6. The van der Waals surface area contributed by atoms with E-state index in [1.807, 2.05) is 13.8 Å². The Labute approximate surface area is 208 Å². The topological polar surface area (TPSA) is 182 Å². The highest BCUT2D eigenvalue weighted by Gasteiger charge is 2.48. The number of nitrogens with two attached hydrogens (primary N) is 1. The lowest BCUT2D eigenvalue weighted by Crippen LogP contribution is -2.50. The van der Waals surface area contributed by atoms with Gasteiger partial charge in [-0.15, -0.1) is 5.10 Å². The number of aliphatic hydroxyl groups excluding tert-OH is 3. The van der Waals surface area contributed by atoms with E-state index in [0.717, 1.165) is 5.57 Å². The van der Waals surface area contributed by atoms with E-state index in [-0.39, 0.29) is 35.7 Å². The first kappa shape index (κ1) is 26.2. The van der Waals surface area contributed by atoms with Crippen LogP contribution >= 0.6 is 0 Å². The van der Waals surface area contributed by atoms with E-state index in [1.54, 1.807) is 13.0 Å². The van der Waals surface area contributed by atoms with Crippen molar-refractivity contribution in [2.75, 3.05) is 12.3 Å². The molecule has 0 saturated carbocycles. The third-order valence-corrected chi connectivity index (χ3v) is 7.03. The summed E-state index contributed by atoms with van der Waals surface area (Å²) in [6, 6.07) is 5.79. The molecular formula is C24H33N5O7. The Kier molecular flexibility index (Phi) is 7.71. The van der Waals surface area contributed by atoms with E-state index in [2.05, 4.69) is 10.1 Å². The second-order valence-electron chi connectivity index (χ2n) is 9.80. The van der Waals surface area contributed by atoms with Gasteiger partial charge >= 0.3 is 0 Å². The normalized spacial score (nSPS) is 30.1. The second kappa shape index (κ2) is 10.6. The third kappa shape index (κ3) is 5.73. The number of non-ortho nitro benzene ring substituents is 1. The van der Waals surface area contributed by atoms with E-state index >= 15 is 0 Å². The van der Waals surface area contributed by atoms with E-state index in [1.165, 1.54) is 28.9 Å². The zero-order valence-corrected chi connectivity index (χ0v) is 20.5. The quantitative estimate of drug-likeness (QED) is 0.222. The van der Waals surface area contributed by atoms with Crippen LogP contribution in [0.3, 0.4) is 0 Å². The average molecular weight is 504 g/mol. The largest absolute Gasteiger partial charge is 0.393 e. The van der Waals surface area contributed by atoms with E-state index in [4.69, 9.17) is 15.2 Å². The monoisotopic (exact) mass is 503 g/mol. The van der Waals surface area contributed by atoms with Gasteiger partial charge in [0, 0.05) is 24.0 Å². The fraction of sp³-hybridized carbons (Fsp3) is 0.583. The summed E-state index contributed by atoms with van der Waals surface area (Å²) in [5.74, 6) is 0.223. The Morgan fingerprint density at radius 3 is 2.61 bits per heavy atom. The number of nitrogen functional groups attached to an aromatic ring is 1. The number of nitro groups is 1. The second-order valence-corrected chi connectivity index (χ2v) is 9.80. The van der Waals surface area contributed by atoms with Gasteiger partial charge in [0.25, 0.3) is 5.69 Å². The number of hydrogen-bond donors (Lipinski definition) is 4. The molecule has 12 nitrogen and oxygen atoms in total. The number of nitro benzene ring substituents is 1. The summed E-state index contributed by atoms with van der Waals surface area (Å²) in [4.78, 5) is 14.6. The maximum Gasteiger partial charge on any atom is 0.269 e. The van der Waals surface area contributed by atoms with Crippen molar-refractivity contribution in [1.82, 2.24) is 14.8 Å². The number of anilines is 1. The SMILES string of the molecule is C/C(=C\c1nc(N)n(-c2ccc([N+](=O)[O-])cc2)n1)C[C@@H]1OC[C@H](C[C@@H]2O[C@H]2[C@@H](C)[C@H](C)O)[C@@H](O)[C@H]1O. The zero-order valence-electron chi connectivity index (χ0n) is 20.5. The number of rotatable bonds is 9. The van der Waals surface area contributed by atoms with E-state index in [9.17, 15) is 25.4 Å². The third-order valence-electron chi connectivity index (χ3n) is 7.03. The van der Waals surface area contributed by atoms with Crippen LogP contribution in [0.5, 0.6) is 0 Å². The number of ether oxygens (including phenoxy) is 2. The first-order valence-electron chi connectivity index (χ1n) is 12.0. The maximum absolute atomic E-state index is 10.9. The first-order valence-corrected chi connectivity index (χ1v) is 12.0. The van der Waals surface area contributed by atoms with Gasteiger partial charge in [-0.1, -0.05) is 12.5 Å². The maximum atomic E-state index is 10.9. The van der Waals surface area contributed by atoms with Crippen LogP contribution in [-0.2, 0) is 9.47 Å². The number of epoxide rings is 1. The molecule has 0 aliphatic carbocycles. The van der Waals surface area contributed by atoms with Gasteiger partial charge in [0.1, 0.15) is 6.10 Å². The number of nitrogens with zero attached hydrogens (tertiary/aromatic N) is 4. The Morgan fingerprint density at radius 2 is 1.97 bits per heavy atom. The minimum Gasteiger partial charge on any atom is -0.393 e. The van der Waals surface area contributed by atoms with Gasteiger partial charge in [-0.2, -0.15) is 9.67 Å². The van der Waals surface area contributed by atoms with Crippen molar-refractivity contribution in [2.24, 2.45) is 11.8 Å². The van der Waals surface area contributed by atoms with Gasteiger partial charge in [0.05, 0.1) is 47.7 Å². The van der Waals surface area contributed by atoms with Crippen LogP contribution in [0.2, 0.25) is 0 Å². The fourth-order valence-corrected chi connectivity index (χ4v) is 4.62. The summed E-state index contributed by atoms with van der Waals surface area (Å²) in [5.41, 5.74) is 7.30. The Bertz CT molecular complexity index is 1100. The molecule has 8 atom stereocenters. The number of aliphatic hydroxyl groups is 3. The molecular weight excluding hydrogens is 470 g/mol. The van der Waals surface area contributed by atoms with Crippen LogP contribution in [0.15, 0.2) is 29.8 Å². The molecule has 0 radical (unpaired) electrons. The van der Waals surface area contributed by atoms with Crippen molar-refractivity contribution < 1.29 is 29.7 Å². The molecule has 2 fully saturated rings. The van der Waals surface area contributed by atoms with Crippen molar-refractivity contribution in [3.63, 3.8) is 0 Å². The highest BCUT2D eigenvalue weighted by molar-refractivity contribution is 5.49. The lowest BCUT2D eigenvalue weighted by atomic mass is 9.85. The molecule has 5 N–H and O–H groups in total. The lowest BCUT2D eigenvalue weighted by molar-refractivity contribution is -0.384. The standard InChI is InChI=1S/C24H33N5O7/c1-12(9-20-26-24(25)28(27-20)16-4-6-17(7-5-16)29(33)34)8-18-22(32)21(31)15(11-35-18)10-19-23(36-19)13(2)14(3)30/h4-7,9,13-15,18-19,21-23,30-32H,8,10-11H2,1-3H3,(H2,25,26,27)/b12-9+/t13-,14-,15-,18-,19-,21+,22-,23-/m0/s1. The predicted molar refractivity (Wildman–Crippen MR) is 130 cm³/mol. The molecule has 196 valence electrons. The van der Waals surface area contributed by atoms with Gasteiger partial charge in [0.2, 0.25) is 5.95 Å². The summed E-state index contributed by atoms with van der Waals surface area (Å²) >= 11 is 0. The van der Waals surface area contributed by atoms with E-state index in [0.29, 0.717) is 31.0 Å². The summed E-state index contributed by atoms with van der Waals surface area (Å²) in [5, 5.41) is 46.3. The van der Waals surface area contributed by atoms with Crippen LogP contribution in [0, 0.1) is 22.0 Å². The first-order chi connectivity index (χ1) is 17.0. The predicted octanol–water partition coefficient (Wildman–Crippen LogP) is 1.46. The molecule has 0 spiro atoms. The molecule has 1 aromatic carbocycles. The Balaban J connectivity index is 1.34. The lowest BCUT2D eigenvalue weighted by Gasteiger charge is -2.38. The van der Waals surface area contributed by atoms with E-state index < -0.39 is 29.3 Å². The van der Waals surface area contributed by atoms with Crippen molar-refractivity contribution in [1.29, 1.82) is 0 Å². The molecule has 12 heteroatoms. The smallest absolute Gasteiger partial charge is 0.269 e. The van der Waals surface area contributed by atoms with Crippen molar-refractivity contribution >= 4 is 17.7 Å². The van der Waals surface area contributed by atoms with Gasteiger partial charge in [-0.05, 0) is 44.9 Å². The summed E-state index contributed by atoms with van der Waals surface area (Å²) in [6.07, 6.45) is -0.520. The average Bonchev–Trinajstić information content (AvgIpc) is 3.51. The molecule has 2 aliphatic rings. The van der Waals surface area contributed by atoms with Crippen molar-refractivity contribution in [3.8, 4) is 5.69 Å². The summed E-state index contributed by atoms with van der Waals surface area (Å²) in [7, 11) is 0. The molecule has 4 rings (SSSR count). The van der Waals surface area contributed by atoms with Crippen LogP contribution in [0.4, 0.5) is 11.6 Å². The number of hydrogen-bond acceptors (Lipinski definition) is 10. The summed E-state index contributed by atoms with van der Waals surface area (Å²) < 4.78 is 13.0. The minimum absolute atomic E-state index is 0.00800. The Morgan fingerprint density at radius 1 is 1.28 bits per heavy atom. The Hall–Kier alpha value is -2.90. The molecule has 0 bridgehead atoms.